The smallest absolute Gasteiger partial charge is 0.315 e. The fourth-order valence-corrected chi connectivity index (χ4v) is 2.52. The van der Waals surface area contributed by atoms with Crippen molar-refractivity contribution < 1.29 is 9.21 Å². The summed E-state index contributed by atoms with van der Waals surface area (Å²) >= 11 is 0. The summed E-state index contributed by atoms with van der Waals surface area (Å²) in [6, 6.07) is 1.72. The van der Waals surface area contributed by atoms with Crippen LogP contribution < -0.4 is 10.6 Å². The Morgan fingerprint density at radius 1 is 1.41 bits per heavy atom. The number of furan rings is 1. The molecule has 2 N–H and O–H groups in total. The molecule has 0 spiro atoms. The highest BCUT2D eigenvalue weighted by molar-refractivity contribution is 5.74. The molecule has 0 fully saturated rings. The van der Waals surface area contributed by atoms with Crippen LogP contribution in [-0.4, -0.2) is 21.9 Å². The van der Waals surface area contributed by atoms with Crippen molar-refractivity contribution in [2.45, 2.75) is 46.7 Å². The topological polar surface area (TPSA) is 72.1 Å². The van der Waals surface area contributed by atoms with E-state index in [1.165, 1.54) is 5.56 Å². The Bertz CT molecular complexity index is 657. The van der Waals surface area contributed by atoms with Crippen molar-refractivity contribution in [1.82, 2.24) is 20.4 Å². The zero-order chi connectivity index (χ0) is 16.3. The van der Waals surface area contributed by atoms with Crippen LogP contribution in [0.15, 0.2) is 16.7 Å². The van der Waals surface area contributed by atoms with E-state index in [1.54, 1.807) is 6.26 Å². The second-order valence-electron chi connectivity index (χ2n) is 5.71. The predicted octanol–water partition coefficient (Wildman–Crippen LogP) is 2.37. The molecule has 6 nitrogen and oxygen atoms in total. The Balaban J connectivity index is 1.85. The average Bonchev–Trinajstić information content (AvgIpc) is 2.95. The third kappa shape index (κ3) is 3.69. The zero-order valence-electron chi connectivity index (χ0n) is 13.9. The molecular formula is C16H24N4O2. The molecule has 0 aliphatic heterocycles. The molecule has 6 heteroatoms. The molecule has 0 aromatic carbocycles. The SMILES string of the molecule is Cc1nn(C)c(C)c1C[C@H](C)NC(=O)NCc1ccoc1C. The van der Waals surface area contributed by atoms with Crippen molar-refractivity contribution in [1.29, 1.82) is 0 Å². The van der Waals surface area contributed by atoms with Gasteiger partial charge in [-0.05, 0) is 45.7 Å². The highest BCUT2D eigenvalue weighted by atomic mass is 16.3. The summed E-state index contributed by atoms with van der Waals surface area (Å²) in [5, 5.41) is 10.2. The van der Waals surface area contributed by atoms with E-state index in [4.69, 9.17) is 4.42 Å². The van der Waals surface area contributed by atoms with Crippen molar-refractivity contribution in [3.63, 3.8) is 0 Å². The van der Waals surface area contributed by atoms with Crippen LogP contribution in [0.5, 0.6) is 0 Å². The van der Waals surface area contributed by atoms with Gasteiger partial charge in [-0.25, -0.2) is 4.79 Å². The molecule has 0 bridgehead atoms. The number of hydrogen-bond acceptors (Lipinski definition) is 3. The maximum Gasteiger partial charge on any atom is 0.315 e. The minimum atomic E-state index is -0.174. The van der Waals surface area contributed by atoms with Gasteiger partial charge in [-0.2, -0.15) is 5.10 Å². The fourth-order valence-electron chi connectivity index (χ4n) is 2.52. The normalized spacial score (nSPS) is 12.2. The molecule has 2 heterocycles. The molecule has 0 radical (unpaired) electrons. The number of aryl methyl sites for hydroxylation is 3. The molecule has 22 heavy (non-hydrogen) atoms. The lowest BCUT2D eigenvalue weighted by molar-refractivity contribution is 0.237. The second-order valence-corrected chi connectivity index (χ2v) is 5.71. The first kappa shape index (κ1) is 16.1. The van der Waals surface area contributed by atoms with Crippen molar-refractivity contribution >= 4 is 6.03 Å². The third-order valence-corrected chi connectivity index (χ3v) is 3.95. The standard InChI is InChI=1S/C16H24N4O2/c1-10(8-15-11(2)19-20(5)12(15)3)18-16(21)17-9-14-6-7-22-13(14)4/h6-7,10H,8-9H2,1-5H3,(H2,17,18,21)/t10-/m0/s1. The maximum absolute atomic E-state index is 12.0. The van der Waals surface area contributed by atoms with Gasteiger partial charge in [0, 0.05) is 30.9 Å². The minimum absolute atomic E-state index is 0.0343. The van der Waals surface area contributed by atoms with Crippen LogP contribution in [0.25, 0.3) is 0 Å². The van der Waals surface area contributed by atoms with Gasteiger partial charge >= 0.3 is 6.03 Å². The Labute approximate surface area is 130 Å². The van der Waals surface area contributed by atoms with Crippen LogP contribution in [0.4, 0.5) is 4.79 Å². The van der Waals surface area contributed by atoms with Crippen molar-refractivity contribution in [2.75, 3.05) is 0 Å². The largest absolute Gasteiger partial charge is 0.469 e. The summed E-state index contributed by atoms with van der Waals surface area (Å²) in [4.78, 5) is 12.0. The fraction of sp³-hybridized carbons (Fsp3) is 0.500. The molecule has 2 aromatic heterocycles. The van der Waals surface area contributed by atoms with Gasteiger partial charge in [0.15, 0.2) is 0 Å². The minimum Gasteiger partial charge on any atom is -0.469 e. The molecule has 0 aliphatic rings. The first-order valence-electron chi connectivity index (χ1n) is 7.45. The Kier molecular flexibility index (Phi) is 4.90. The maximum atomic E-state index is 12.0. The number of nitrogens with one attached hydrogen (secondary N) is 2. The lowest BCUT2D eigenvalue weighted by Gasteiger charge is -2.15. The number of nitrogens with zero attached hydrogens (tertiary/aromatic N) is 2. The lowest BCUT2D eigenvalue weighted by Crippen LogP contribution is -2.41. The molecular weight excluding hydrogens is 280 g/mol. The van der Waals surface area contributed by atoms with Gasteiger partial charge in [0.1, 0.15) is 5.76 Å². The van der Waals surface area contributed by atoms with Gasteiger partial charge in [0.25, 0.3) is 0 Å². The summed E-state index contributed by atoms with van der Waals surface area (Å²) in [7, 11) is 1.93. The van der Waals surface area contributed by atoms with Gasteiger partial charge in [-0.15, -0.1) is 0 Å². The highest BCUT2D eigenvalue weighted by Crippen LogP contribution is 2.14. The van der Waals surface area contributed by atoms with E-state index in [2.05, 4.69) is 15.7 Å². The summed E-state index contributed by atoms with van der Waals surface area (Å²) in [5.41, 5.74) is 4.34. The molecule has 2 rings (SSSR count). The van der Waals surface area contributed by atoms with Crippen LogP contribution in [0.2, 0.25) is 0 Å². The van der Waals surface area contributed by atoms with Gasteiger partial charge in [0.05, 0.1) is 12.0 Å². The summed E-state index contributed by atoms with van der Waals surface area (Å²) in [6.45, 7) is 8.38. The van der Waals surface area contributed by atoms with Crippen molar-refractivity contribution in [2.24, 2.45) is 7.05 Å². The molecule has 1 atom stereocenters. The van der Waals surface area contributed by atoms with Gasteiger partial charge in [-0.3, -0.25) is 4.68 Å². The van der Waals surface area contributed by atoms with E-state index >= 15 is 0 Å². The zero-order valence-corrected chi connectivity index (χ0v) is 13.9. The second kappa shape index (κ2) is 6.68. The van der Waals surface area contributed by atoms with Crippen LogP contribution in [0.1, 0.15) is 35.2 Å². The number of carbonyl (C=O) groups is 1. The number of aromatic nitrogens is 2. The molecule has 0 aliphatic carbocycles. The lowest BCUT2D eigenvalue weighted by atomic mass is 10.1. The first-order chi connectivity index (χ1) is 10.4. The molecule has 120 valence electrons. The molecule has 2 aromatic rings. The van der Waals surface area contributed by atoms with Crippen LogP contribution in [0.3, 0.4) is 0 Å². The Morgan fingerprint density at radius 2 is 2.14 bits per heavy atom. The van der Waals surface area contributed by atoms with E-state index in [0.717, 1.165) is 29.1 Å². The molecule has 0 unspecified atom stereocenters. The van der Waals surface area contributed by atoms with E-state index in [1.807, 2.05) is 45.5 Å². The van der Waals surface area contributed by atoms with Gasteiger partial charge in [0.2, 0.25) is 0 Å². The number of hydrogen-bond donors (Lipinski definition) is 2. The van der Waals surface area contributed by atoms with E-state index < -0.39 is 0 Å². The summed E-state index contributed by atoms with van der Waals surface area (Å²) in [5.74, 6) is 0.829. The quantitative estimate of drug-likeness (QED) is 0.890. The van der Waals surface area contributed by atoms with Crippen LogP contribution >= 0.6 is 0 Å². The first-order valence-corrected chi connectivity index (χ1v) is 7.45. The van der Waals surface area contributed by atoms with E-state index in [0.29, 0.717) is 6.54 Å². The summed E-state index contributed by atoms with van der Waals surface area (Å²) in [6.07, 6.45) is 2.39. The third-order valence-electron chi connectivity index (χ3n) is 3.95. The highest BCUT2D eigenvalue weighted by Gasteiger charge is 2.14. The monoisotopic (exact) mass is 304 g/mol. The number of amides is 2. The average molecular weight is 304 g/mol. The molecule has 2 amide bonds. The Hall–Kier alpha value is -2.24. The van der Waals surface area contributed by atoms with Gasteiger partial charge < -0.3 is 15.1 Å². The van der Waals surface area contributed by atoms with Crippen molar-refractivity contribution in [3.05, 3.63) is 40.6 Å². The number of urea groups is 1. The van der Waals surface area contributed by atoms with Crippen LogP contribution in [0, 0.1) is 20.8 Å². The predicted molar refractivity (Wildman–Crippen MR) is 84.7 cm³/mol. The molecule has 0 saturated carbocycles. The number of carbonyl (C=O) groups excluding carboxylic acids is 1. The van der Waals surface area contributed by atoms with Crippen LogP contribution in [-0.2, 0) is 20.0 Å². The number of rotatable bonds is 5. The molecule has 0 saturated heterocycles. The van der Waals surface area contributed by atoms with E-state index in [-0.39, 0.29) is 12.1 Å². The summed E-state index contributed by atoms with van der Waals surface area (Å²) < 4.78 is 7.08. The Morgan fingerprint density at radius 3 is 2.68 bits per heavy atom. The van der Waals surface area contributed by atoms with E-state index in [9.17, 15) is 4.79 Å². The van der Waals surface area contributed by atoms with Crippen molar-refractivity contribution in [3.8, 4) is 0 Å². The van der Waals surface area contributed by atoms with Gasteiger partial charge in [-0.1, -0.05) is 0 Å².